The van der Waals surface area contributed by atoms with Gasteiger partial charge < -0.3 is 24.8 Å². The van der Waals surface area contributed by atoms with Crippen LogP contribution in [0.25, 0.3) is 16.7 Å². The van der Waals surface area contributed by atoms with E-state index in [1.807, 2.05) is 0 Å². The number of aliphatic hydroxyl groups is 3. The van der Waals surface area contributed by atoms with Crippen molar-refractivity contribution in [3.05, 3.63) is 46.6 Å². The number of hydrogen-bond acceptors (Lipinski definition) is 8. The molecule has 0 saturated carbocycles. The van der Waals surface area contributed by atoms with Crippen LogP contribution in [0.5, 0.6) is 5.75 Å². The lowest BCUT2D eigenvalue weighted by Crippen LogP contribution is -2.33. The minimum Gasteiger partial charge on any atom is -0.495 e. The normalized spacial score (nSPS) is 24.8. The minimum atomic E-state index is -1.32. The SMILES string of the molecule is COc1ccccc1-n1c(C)nc2c(cnn2[C@H]2O[C@@H](CO)[C@@H](O)[C@H]2O)c1=O. The highest BCUT2D eigenvalue weighted by Crippen LogP contribution is 2.31. The average molecular weight is 388 g/mol. The molecule has 2 aromatic heterocycles. The van der Waals surface area contributed by atoms with Gasteiger partial charge in [-0.15, -0.1) is 0 Å². The van der Waals surface area contributed by atoms with Crippen molar-refractivity contribution in [3.63, 3.8) is 0 Å². The highest BCUT2D eigenvalue weighted by atomic mass is 16.6. The number of fused-ring (bicyclic) bond motifs is 1. The van der Waals surface area contributed by atoms with E-state index < -0.39 is 31.1 Å². The molecule has 0 spiro atoms. The summed E-state index contributed by atoms with van der Waals surface area (Å²) in [5.74, 6) is 0.903. The Labute approximate surface area is 159 Å². The molecule has 0 amide bonds. The number of methoxy groups -OCH3 is 1. The van der Waals surface area contributed by atoms with Gasteiger partial charge >= 0.3 is 0 Å². The molecule has 4 rings (SSSR count). The standard InChI is InChI=1S/C18H20N4O6/c1-9-20-16-10(17(26)21(9)11-5-3-4-6-12(11)27-2)7-19-22(16)18-15(25)14(24)13(8-23)28-18/h3-7,13-15,18,23-25H,8H2,1-2H3/t13-,14+,15+,18-/m0/s1. The van der Waals surface area contributed by atoms with Gasteiger partial charge in [-0.1, -0.05) is 12.1 Å². The molecule has 1 saturated heterocycles. The zero-order valence-corrected chi connectivity index (χ0v) is 15.3. The van der Waals surface area contributed by atoms with E-state index in [1.165, 1.54) is 22.6 Å². The molecule has 3 heterocycles. The predicted octanol–water partition coefficient (Wildman–Crippen LogP) is -0.489. The molecule has 3 N–H and O–H groups in total. The summed E-state index contributed by atoms with van der Waals surface area (Å²) >= 11 is 0. The van der Waals surface area contributed by atoms with E-state index in [2.05, 4.69) is 10.1 Å². The van der Waals surface area contributed by atoms with E-state index >= 15 is 0 Å². The van der Waals surface area contributed by atoms with Crippen molar-refractivity contribution >= 4 is 11.0 Å². The van der Waals surface area contributed by atoms with Crippen LogP contribution in [0.4, 0.5) is 0 Å². The van der Waals surface area contributed by atoms with Gasteiger partial charge in [0.2, 0.25) is 0 Å². The van der Waals surface area contributed by atoms with Crippen molar-refractivity contribution in [1.29, 1.82) is 0 Å². The van der Waals surface area contributed by atoms with Gasteiger partial charge in [-0.05, 0) is 19.1 Å². The van der Waals surface area contributed by atoms with E-state index in [0.717, 1.165) is 0 Å². The summed E-state index contributed by atoms with van der Waals surface area (Å²) in [5, 5.41) is 33.9. The van der Waals surface area contributed by atoms with E-state index in [4.69, 9.17) is 9.47 Å². The summed E-state index contributed by atoms with van der Waals surface area (Å²) in [6.45, 7) is 1.21. The van der Waals surface area contributed by atoms with Gasteiger partial charge in [-0.3, -0.25) is 9.36 Å². The van der Waals surface area contributed by atoms with Crippen LogP contribution in [0.2, 0.25) is 0 Å². The number of hydrogen-bond donors (Lipinski definition) is 3. The fraction of sp³-hybridized carbons (Fsp3) is 0.389. The van der Waals surface area contributed by atoms with Crippen LogP contribution in [-0.2, 0) is 4.74 Å². The molecule has 10 nitrogen and oxygen atoms in total. The van der Waals surface area contributed by atoms with Crippen molar-refractivity contribution in [2.75, 3.05) is 13.7 Å². The summed E-state index contributed by atoms with van der Waals surface area (Å²) in [6, 6.07) is 7.08. The minimum absolute atomic E-state index is 0.212. The fourth-order valence-electron chi connectivity index (χ4n) is 3.46. The Morgan fingerprint density at radius 2 is 2.00 bits per heavy atom. The van der Waals surface area contributed by atoms with Gasteiger partial charge in [0.15, 0.2) is 11.9 Å². The number of aliphatic hydroxyl groups excluding tert-OH is 3. The Hall–Kier alpha value is -2.79. The first-order valence-electron chi connectivity index (χ1n) is 8.70. The Balaban J connectivity index is 1.87. The summed E-state index contributed by atoms with van der Waals surface area (Å²) in [7, 11) is 1.52. The van der Waals surface area contributed by atoms with Crippen molar-refractivity contribution < 1.29 is 24.8 Å². The highest BCUT2D eigenvalue weighted by molar-refractivity contribution is 5.74. The number of benzene rings is 1. The van der Waals surface area contributed by atoms with Crippen molar-refractivity contribution in [1.82, 2.24) is 19.3 Å². The molecular weight excluding hydrogens is 368 g/mol. The molecule has 0 unspecified atom stereocenters. The number of nitrogens with zero attached hydrogens (tertiary/aromatic N) is 4. The maximum Gasteiger partial charge on any atom is 0.269 e. The number of rotatable bonds is 4. The zero-order valence-electron chi connectivity index (χ0n) is 15.3. The highest BCUT2D eigenvalue weighted by Gasteiger charge is 2.44. The Morgan fingerprint density at radius 3 is 2.68 bits per heavy atom. The monoisotopic (exact) mass is 388 g/mol. The van der Waals surface area contributed by atoms with E-state index in [1.54, 1.807) is 31.2 Å². The lowest BCUT2D eigenvalue weighted by atomic mass is 10.1. The number of para-hydroxylation sites is 2. The van der Waals surface area contributed by atoms with Crippen molar-refractivity contribution in [2.45, 2.75) is 31.5 Å². The lowest BCUT2D eigenvalue weighted by molar-refractivity contribution is -0.0566. The van der Waals surface area contributed by atoms with Crippen molar-refractivity contribution in [2.24, 2.45) is 0 Å². The second-order valence-corrected chi connectivity index (χ2v) is 6.53. The second kappa shape index (κ2) is 6.99. The molecule has 0 radical (unpaired) electrons. The Kier molecular flexibility index (Phi) is 4.63. The van der Waals surface area contributed by atoms with Gasteiger partial charge in [-0.2, -0.15) is 5.10 Å². The smallest absolute Gasteiger partial charge is 0.269 e. The van der Waals surface area contributed by atoms with Crippen LogP contribution >= 0.6 is 0 Å². The summed E-state index contributed by atoms with van der Waals surface area (Å²) in [6.07, 6.45) is -3.28. The maximum absolute atomic E-state index is 13.1. The molecule has 0 aliphatic carbocycles. The number of aromatic nitrogens is 4. The van der Waals surface area contributed by atoms with Crippen LogP contribution in [0.3, 0.4) is 0 Å². The molecule has 3 aromatic rings. The molecule has 10 heteroatoms. The molecule has 4 atom stereocenters. The molecule has 28 heavy (non-hydrogen) atoms. The average Bonchev–Trinajstić information content (AvgIpc) is 3.23. The van der Waals surface area contributed by atoms with Crippen LogP contribution in [0.1, 0.15) is 12.1 Å². The van der Waals surface area contributed by atoms with Crippen molar-refractivity contribution in [3.8, 4) is 11.4 Å². The van der Waals surface area contributed by atoms with Gasteiger partial charge in [0, 0.05) is 0 Å². The maximum atomic E-state index is 13.1. The van der Waals surface area contributed by atoms with E-state index in [9.17, 15) is 20.1 Å². The molecule has 1 aromatic carbocycles. The van der Waals surface area contributed by atoms with Gasteiger partial charge in [0.1, 0.15) is 35.3 Å². The summed E-state index contributed by atoms with van der Waals surface area (Å²) in [4.78, 5) is 17.6. The van der Waals surface area contributed by atoms with Gasteiger partial charge in [0.25, 0.3) is 5.56 Å². The Bertz CT molecular complexity index is 1080. The van der Waals surface area contributed by atoms with Crippen LogP contribution in [0.15, 0.2) is 35.3 Å². The molecule has 148 valence electrons. The summed E-state index contributed by atoms with van der Waals surface area (Å²) in [5.41, 5.74) is 0.399. The second-order valence-electron chi connectivity index (χ2n) is 6.53. The topological polar surface area (TPSA) is 132 Å². The summed E-state index contributed by atoms with van der Waals surface area (Å²) < 4.78 is 13.5. The predicted molar refractivity (Wildman–Crippen MR) is 97.4 cm³/mol. The molecular formula is C18H20N4O6. The number of aryl methyl sites for hydroxylation is 1. The molecule has 1 aliphatic rings. The first-order chi connectivity index (χ1) is 13.5. The molecule has 0 bridgehead atoms. The van der Waals surface area contributed by atoms with Crippen LogP contribution < -0.4 is 10.3 Å². The third-order valence-electron chi connectivity index (χ3n) is 4.88. The third-order valence-corrected chi connectivity index (χ3v) is 4.88. The van der Waals surface area contributed by atoms with Gasteiger partial charge in [0.05, 0.1) is 25.6 Å². The fourth-order valence-corrected chi connectivity index (χ4v) is 3.46. The number of ether oxygens (including phenoxy) is 2. The third kappa shape index (κ3) is 2.69. The first-order valence-corrected chi connectivity index (χ1v) is 8.70. The Morgan fingerprint density at radius 1 is 1.25 bits per heavy atom. The molecule has 1 aliphatic heterocycles. The lowest BCUT2D eigenvalue weighted by Gasteiger charge is -2.17. The molecule has 1 fully saturated rings. The quantitative estimate of drug-likeness (QED) is 0.546. The van der Waals surface area contributed by atoms with Crippen LogP contribution in [0, 0.1) is 6.92 Å². The van der Waals surface area contributed by atoms with E-state index in [0.29, 0.717) is 17.3 Å². The first kappa shape index (κ1) is 18.6. The van der Waals surface area contributed by atoms with Gasteiger partial charge in [-0.25, -0.2) is 9.67 Å². The van der Waals surface area contributed by atoms with E-state index in [-0.39, 0.29) is 16.6 Å². The zero-order chi connectivity index (χ0) is 20.0. The van der Waals surface area contributed by atoms with Crippen LogP contribution in [-0.4, -0.2) is 66.7 Å². The largest absolute Gasteiger partial charge is 0.495 e.